The van der Waals surface area contributed by atoms with Gasteiger partial charge >= 0.3 is 6.09 Å². The molecule has 1 aliphatic heterocycles. The number of para-hydroxylation sites is 1. The second-order valence-corrected chi connectivity index (χ2v) is 6.88. The average molecular weight is 361 g/mol. The summed E-state index contributed by atoms with van der Waals surface area (Å²) in [6, 6.07) is 23.9. The highest BCUT2D eigenvalue weighted by atomic mass is 16.6. The van der Waals surface area contributed by atoms with E-state index in [1.807, 2.05) is 30.3 Å². The Morgan fingerprint density at radius 2 is 1.74 bits per heavy atom. The molecule has 0 aromatic heterocycles. The molecule has 27 heavy (non-hydrogen) atoms. The molecule has 0 bridgehead atoms. The fourth-order valence-electron chi connectivity index (χ4n) is 3.44. The number of amides is 1. The minimum Gasteiger partial charge on any atom is -0.410 e. The molecule has 3 aromatic carbocycles. The number of hydrogen-bond acceptors (Lipinski definition) is 3. The first-order valence-corrected chi connectivity index (χ1v) is 9.39. The molecule has 1 atom stereocenters. The monoisotopic (exact) mass is 361 g/mol. The molecular formula is C23H23NO3. The summed E-state index contributed by atoms with van der Waals surface area (Å²) in [4.78, 5) is 14.1. The quantitative estimate of drug-likeness (QED) is 0.655. The Hall–Kier alpha value is -2.85. The highest BCUT2D eigenvalue weighted by Crippen LogP contribution is 2.20. The fourth-order valence-corrected chi connectivity index (χ4v) is 3.44. The summed E-state index contributed by atoms with van der Waals surface area (Å²) >= 11 is 0. The van der Waals surface area contributed by atoms with Gasteiger partial charge in [0, 0.05) is 6.54 Å². The van der Waals surface area contributed by atoms with Crippen LogP contribution in [0, 0.1) is 0 Å². The number of carbonyl (C=O) groups excluding carboxylic acids is 1. The molecule has 0 spiro atoms. The van der Waals surface area contributed by atoms with Crippen LogP contribution in [0.15, 0.2) is 72.8 Å². The van der Waals surface area contributed by atoms with Gasteiger partial charge in [0.15, 0.2) is 0 Å². The number of piperidine rings is 1. The largest absolute Gasteiger partial charge is 0.415 e. The third kappa shape index (κ3) is 4.47. The number of rotatable bonds is 4. The molecule has 138 valence electrons. The summed E-state index contributed by atoms with van der Waals surface area (Å²) in [5.74, 6) is 0.571. The molecule has 0 saturated carbocycles. The van der Waals surface area contributed by atoms with Crippen LogP contribution in [0.5, 0.6) is 5.75 Å². The number of nitrogens with zero attached hydrogens (tertiary/aromatic N) is 1. The lowest BCUT2D eigenvalue weighted by atomic mass is 10.1. The first-order valence-electron chi connectivity index (χ1n) is 9.39. The summed E-state index contributed by atoms with van der Waals surface area (Å²) < 4.78 is 11.5. The zero-order chi connectivity index (χ0) is 18.5. The van der Waals surface area contributed by atoms with E-state index in [9.17, 15) is 4.79 Å². The first-order chi connectivity index (χ1) is 13.3. The molecule has 0 radical (unpaired) electrons. The third-order valence-electron chi connectivity index (χ3n) is 4.88. The van der Waals surface area contributed by atoms with Crippen LogP contribution < -0.4 is 4.74 Å². The highest BCUT2D eigenvalue weighted by Gasteiger charge is 2.25. The second-order valence-electron chi connectivity index (χ2n) is 6.88. The maximum absolute atomic E-state index is 12.4. The van der Waals surface area contributed by atoms with E-state index in [4.69, 9.17) is 9.47 Å². The topological polar surface area (TPSA) is 38.8 Å². The van der Waals surface area contributed by atoms with Crippen molar-refractivity contribution in [3.63, 3.8) is 0 Å². The van der Waals surface area contributed by atoms with Crippen LogP contribution in [-0.4, -0.2) is 30.2 Å². The van der Waals surface area contributed by atoms with Gasteiger partial charge in [-0.3, -0.25) is 0 Å². The number of hydrogen-bond donors (Lipinski definition) is 0. The molecule has 4 heteroatoms. The zero-order valence-corrected chi connectivity index (χ0v) is 15.2. The van der Waals surface area contributed by atoms with Crippen molar-refractivity contribution < 1.29 is 14.3 Å². The SMILES string of the molecule is O=C(Oc1ccccc1)N1CCCC(OCc2ccc3ccccc3c2)C1. The van der Waals surface area contributed by atoms with E-state index in [-0.39, 0.29) is 12.2 Å². The number of fused-ring (bicyclic) bond motifs is 1. The number of ether oxygens (including phenoxy) is 2. The average Bonchev–Trinajstić information content (AvgIpc) is 2.73. The maximum Gasteiger partial charge on any atom is 0.415 e. The summed E-state index contributed by atoms with van der Waals surface area (Å²) in [7, 11) is 0. The normalized spacial score (nSPS) is 17.0. The highest BCUT2D eigenvalue weighted by molar-refractivity contribution is 5.82. The maximum atomic E-state index is 12.4. The lowest BCUT2D eigenvalue weighted by Crippen LogP contribution is -2.44. The lowest BCUT2D eigenvalue weighted by molar-refractivity contribution is -0.00501. The van der Waals surface area contributed by atoms with Crippen LogP contribution in [0.2, 0.25) is 0 Å². The van der Waals surface area contributed by atoms with E-state index in [2.05, 4.69) is 30.3 Å². The molecular weight excluding hydrogens is 338 g/mol. The fraction of sp³-hybridized carbons (Fsp3) is 0.261. The van der Waals surface area contributed by atoms with Crippen LogP contribution in [0.3, 0.4) is 0 Å². The van der Waals surface area contributed by atoms with E-state index < -0.39 is 0 Å². The van der Waals surface area contributed by atoms with Gasteiger partial charge in [0.05, 0.1) is 19.3 Å². The van der Waals surface area contributed by atoms with Gasteiger partial charge in [0.25, 0.3) is 0 Å². The number of benzene rings is 3. The Labute approximate surface area is 159 Å². The molecule has 0 aliphatic carbocycles. The van der Waals surface area contributed by atoms with Gasteiger partial charge in [0.2, 0.25) is 0 Å². The van der Waals surface area contributed by atoms with Crippen molar-refractivity contribution in [3.05, 3.63) is 78.4 Å². The van der Waals surface area contributed by atoms with Crippen molar-refractivity contribution in [2.24, 2.45) is 0 Å². The molecule has 1 unspecified atom stereocenters. The van der Waals surface area contributed by atoms with Crippen LogP contribution in [-0.2, 0) is 11.3 Å². The van der Waals surface area contributed by atoms with Gasteiger partial charge in [-0.15, -0.1) is 0 Å². The summed E-state index contributed by atoms with van der Waals surface area (Å²) in [5.41, 5.74) is 1.15. The molecule has 4 nitrogen and oxygen atoms in total. The minimum atomic E-state index is -0.305. The molecule has 1 amide bonds. The molecule has 0 N–H and O–H groups in total. The Bertz CT molecular complexity index is 910. The smallest absolute Gasteiger partial charge is 0.410 e. The predicted molar refractivity (Wildman–Crippen MR) is 106 cm³/mol. The Kier molecular flexibility index (Phi) is 5.35. The van der Waals surface area contributed by atoms with E-state index in [0.29, 0.717) is 25.4 Å². The lowest BCUT2D eigenvalue weighted by Gasteiger charge is -2.31. The van der Waals surface area contributed by atoms with Gasteiger partial charge < -0.3 is 14.4 Å². The third-order valence-corrected chi connectivity index (χ3v) is 4.88. The Morgan fingerprint density at radius 3 is 2.59 bits per heavy atom. The summed E-state index contributed by atoms with van der Waals surface area (Å²) in [6.07, 6.45) is 1.61. The standard InChI is InChI=1S/C23H23NO3/c25-23(27-21-9-2-1-3-10-21)24-14-6-11-22(16-24)26-17-18-12-13-19-7-4-5-8-20(19)15-18/h1-5,7-10,12-13,15,22H,6,11,14,16-17H2. The molecule has 1 saturated heterocycles. The van der Waals surface area contributed by atoms with Crippen LogP contribution >= 0.6 is 0 Å². The minimum absolute atomic E-state index is 0.0357. The van der Waals surface area contributed by atoms with E-state index in [0.717, 1.165) is 18.4 Å². The molecule has 3 aromatic rings. The van der Waals surface area contributed by atoms with E-state index >= 15 is 0 Å². The van der Waals surface area contributed by atoms with Crippen molar-refractivity contribution >= 4 is 16.9 Å². The van der Waals surface area contributed by atoms with E-state index in [1.165, 1.54) is 10.8 Å². The van der Waals surface area contributed by atoms with Crippen LogP contribution in [0.1, 0.15) is 18.4 Å². The van der Waals surface area contributed by atoms with Gasteiger partial charge in [-0.1, -0.05) is 54.6 Å². The Morgan fingerprint density at radius 1 is 0.963 bits per heavy atom. The predicted octanol–water partition coefficient (Wildman–Crippen LogP) is 5.02. The molecule has 1 fully saturated rings. The van der Waals surface area contributed by atoms with Gasteiger partial charge in [-0.05, 0) is 47.4 Å². The van der Waals surface area contributed by atoms with E-state index in [1.54, 1.807) is 17.0 Å². The number of likely N-dealkylation sites (tertiary alicyclic amines) is 1. The van der Waals surface area contributed by atoms with Crippen molar-refractivity contribution in [2.45, 2.75) is 25.6 Å². The van der Waals surface area contributed by atoms with Crippen LogP contribution in [0.25, 0.3) is 10.8 Å². The second kappa shape index (κ2) is 8.23. The van der Waals surface area contributed by atoms with Gasteiger partial charge in [-0.25, -0.2) is 4.79 Å². The van der Waals surface area contributed by atoms with Crippen molar-refractivity contribution in [1.29, 1.82) is 0 Å². The molecule has 4 rings (SSSR count). The molecule has 1 aliphatic rings. The zero-order valence-electron chi connectivity index (χ0n) is 15.2. The summed E-state index contributed by atoms with van der Waals surface area (Å²) in [5, 5.41) is 2.45. The van der Waals surface area contributed by atoms with Gasteiger partial charge in [-0.2, -0.15) is 0 Å². The first kappa shape index (κ1) is 17.6. The molecule has 1 heterocycles. The van der Waals surface area contributed by atoms with Gasteiger partial charge in [0.1, 0.15) is 5.75 Å². The van der Waals surface area contributed by atoms with Crippen molar-refractivity contribution in [3.8, 4) is 5.75 Å². The summed E-state index contributed by atoms with van der Waals surface area (Å²) in [6.45, 7) is 1.83. The Balaban J connectivity index is 1.33. The van der Waals surface area contributed by atoms with Crippen molar-refractivity contribution in [2.75, 3.05) is 13.1 Å². The van der Waals surface area contributed by atoms with Crippen molar-refractivity contribution in [1.82, 2.24) is 4.90 Å². The van der Waals surface area contributed by atoms with Crippen LogP contribution in [0.4, 0.5) is 4.79 Å². The number of carbonyl (C=O) groups is 1.